The number of hydrogen-bond acceptors (Lipinski definition) is 2. The molecule has 0 aliphatic carbocycles. The van der Waals surface area contributed by atoms with Gasteiger partial charge in [0.1, 0.15) is 0 Å². The van der Waals surface area contributed by atoms with E-state index in [-0.39, 0.29) is 0 Å². The molecular formula is C17H30N2. The molecule has 1 heterocycles. The normalized spacial score (nSPS) is 12.6. The van der Waals surface area contributed by atoms with Crippen LogP contribution in [0.5, 0.6) is 0 Å². The van der Waals surface area contributed by atoms with E-state index in [0.717, 1.165) is 6.54 Å². The summed E-state index contributed by atoms with van der Waals surface area (Å²) in [5, 5.41) is 3.64. The number of aromatic nitrogens is 1. The second kappa shape index (κ2) is 9.96. The van der Waals surface area contributed by atoms with Crippen molar-refractivity contribution in [3.63, 3.8) is 0 Å². The highest BCUT2D eigenvalue weighted by Gasteiger charge is 2.11. The Kier molecular flexibility index (Phi) is 8.48. The van der Waals surface area contributed by atoms with Gasteiger partial charge in [-0.2, -0.15) is 0 Å². The van der Waals surface area contributed by atoms with Crippen molar-refractivity contribution >= 4 is 0 Å². The molecular weight excluding hydrogens is 232 g/mol. The van der Waals surface area contributed by atoms with Crippen molar-refractivity contribution in [2.45, 2.75) is 71.8 Å². The fourth-order valence-electron chi connectivity index (χ4n) is 2.38. The fourth-order valence-corrected chi connectivity index (χ4v) is 2.38. The molecule has 0 amide bonds. The first-order valence-electron chi connectivity index (χ1n) is 7.93. The van der Waals surface area contributed by atoms with E-state index in [0.29, 0.717) is 6.04 Å². The van der Waals surface area contributed by atoms with Crippen molar-refractivity contribution in [1.82, 2.24) is 10.3 Å². The van der Waals surface area contributed by atoms with E-state index in [9.17, 15) is 0 Å². The Morgan fingerprint density at radius 3 is 2.58 bits per heavy atom. The molecule has 2 heteroatoms. The molecule has 1 atom stereocenters. The van der Waals surface area contributed by atoms with Gasteiger partial charge in [-0.05, 0) is 44.0 Å². The Morgan fingerprint density at radius 1 is 1.11 bits per heavy atom. The molecule has 0 saturated heterocycles. The van der Waals surface area contributed by atoms with E-state index in [1.165, 1.54) is 56.2 Å². The van der Waals surface area contributed by atoms with Gasteiger partial charge >= 0.3 is 0 Å². The van der Waals surface area contributed by atoms with Gasteiger partial charge in [-0.25, -0.2) is 0 Å². The second-order valence-electron chi connectivity index (χ2n) is 5.47. The Labute approximate surface area is 119 Å². The number of unbranched alkanes of at least 4 members (excludes halogenated alkanes) is 4. The second-order valence-corrected chi connectivity index (χ2v) is 5.47. The Morgan fingerprint density at radius 2 is 1.89 bits per heavy atom. The summed E-state index contributed by atoms with van der Waals surface area (Å²) < 4.78 is 0. The minimum absolute atomic E-state index is 0.432. The molecule has 0 radical (unpaired) electrons. The minimum atomic E-state index is 0.432. The average Bonchev–Trinajstić information content (AvgIpc) is 2.42. The predicted molar refractivity (Wildman–Crippen MR) is 83.4 cm³/mol. The molecule has 19 heavy (non-hydrogen) atoms. The first-order valence-corrected chi connectivity index (χ1v) is 7.93. The molecule has 0 aliphatic heterocycles. The molecule has 0 aliphatic rings. The third-order valence-corrected chi connectivity index (χ3v) is 3.53. The zero-order chi connectivity index (χ0) is 13.9. The molecule has 2 nitrogen and oxygen atoms in total. The van der Waals surface area contributed by atoms with E-state index in [4.69, 9.17) is 0 Å². The van der Waals surface area contributed by atoms with Crippen LogP contribution in [0.3, 0.4) is 0 Å². The highest BCUT2D eigenvalue weighted by molar-refractivity contribution is 5.17. The van der Waals surface area contributed by atoms with Crippen LogP contribution in [0.4, 0.5) is 0 Å². The van der Waals surface area contributed by atoms with Crippen LogP contribution in [0.2, 0.25) is 0 Å². The molecule has 108 valence electrons. The summed E-state index contributed by atoms with van der Waals surface area (Å²) in [6.45, 7) is 7.70. The first kappa shape index (κ1) is 16.2. The van der Waals surface area contributed by atoms with Crippen LogP contribution >= 0.6 is 0 Å². The fraction of sp³-hybridized carbons (Fsp3) is 0.706. The van der Waals surface area contributed by atoms with Crippen molar-refractivity contribution in [3.8, 4) is 0 Å². The standard InChI is InChI=1S/C17H30N2/c1-4-6-7-8-9-10-16(18-12-5-2)17-14-15(3)11-13-19-17/h11,13-14,16,18H,4-10,12H2,1-3H3. The average molecular weight is 262 g/mol. The Hall–Kier alpha value is -0.890. The van der Waals surface area contributed by atoms with Gasteiger partial charge in [-0.1, -0.05) is 46.0 Å². The zero-order valence-corrected chi connectivity index (χ0v) is 12.9. The Balaban J connectivity index is 2.47. The van der Waals surface area contributed by atoms with Crippen LogP contribution in [0, 0.1) is 6.92 Å². The minimum Gasteiger partial charge on any atom is -0.309 e. The van der Waals surface area contributed by atoms with Crippen LogP contribution in [-0.4, -0.2) is 11.5 Å². The number of hydrogen-bond donors (Lipinski definition) is 1. The molecule has 1 unspecified atom stereocenters. The maximum absolute atomic E-state index is 4.55. The number of nitrogens with zero attached hydrogens (tertiary/aromatic N) is 1. The highest BCUT2D eigenvalue weighted by atomic mass is 14.9. The van der Waals surface area contributed by atoms with Crippen LogP contribution in [0.1, 0.15) is 76.1 Å². The molecule has 1 aromatic rings. The van der Waals surface area contributed by atoms with E-state index in [2.05, 4.69) is 43.2 Å². The number of aryl methyl sites for hydroxylation is 1. The largest absolute Gasteiger partial charge is 0.309 e. The molecule has 0 saturated carbocycles. The summed E-state index contributed by atoms with van der Waals surface area (Å²) in [5.41, 5.74) is 2.52. The summed E-state index contributed by atoms with van der Waals surface area (Å²) >= 11 is 0. The lowest BCUT2D eigenvalue weighted by atomic mass is 10.0. The van der Waals surface area contributed by atoms with Crippen LogP contribution in [-0.2, 0) is 0 Å². The molecule has 0 aromatic carbocycles. The summed E-state index contributed by atoms with van der Waals surface area (Å²) in [4.78, 5) is 4.55. The lowest BCUT2D eigenvalue weighted by molar-refractivity contribution is 0.459. The molecule has 1 aromatic heterocycles. The Bertz CT molecular complexity index is 336. The highest BCUT2D eigenvalue weighted by Crippen LogP contribution is 2.19. The third kappa shape index (κ3) is 6.72. The monoisotopic (exact) mass is 262 g/mol. The zero-order valence-electron chi connectivity index (χ0n) is 12.9. The maximum Gasteiger partial charge on any atom is 0.0575 e. The van der Waals surface area contributed by atoms with Crippen molar-refractivity contribution in [3.05, 3.63) is 29.6 Å². The quantitative estimate of drug-likeness (QED) is 0.613. The summed E-state index contributed by atoms with van der Waals surface area (Å²) in [6.07, 6.45) is 11.0. The molecule has 0 bridgehead atoms. The maximum atomic E-state index is 4.55. The van der Waals surface area contributed by atoms with Gasteiger partial charge < -0.3 is 5.32 Å². The van der Waals surface area contributed by atoms with Crippen LogP contribution in [0.15, 0.2) is 18.3 Å². The van der Waals surface area contributed by atoms with Gasteiger partial charge in [0.25, 0.3) is 0 Å². The van der Waals surface area contributed by atoms with E-state index in [1.807, 2.05) is 6.20 Å². The van der Waals surface area contributed by atoms with Crippen LogP contribution < -0.4 is 5.32 Å². The van der Waals surface area contributed by atoms with E-state index >= 15 is 0 Å². The molecule has 1 rings (SSSR count). The summed E-state index contributed by atoms with van der Waals surface area (Å²) in [7, 11) is 0. The van der Waals surface area contributed by atoms with Crippen molar-refractivity contribution in [1.29, 1.82) is 0 Å². The van der Waals surface area contributed by atoms with Crippen molar-refractivity contribution in [2.24, 2.45) is 0 Å². The number of rotatable bonds is 10. The predicted octanol–water partition coefficient (Wildman–Crippen LogP) is 4.79. The first-order chi connectivity index (χ1) is 9.27. The summed E-state index contributed by atoms with van der Waals surface area (Å²) in [6, 6.07) is 4.72. The van der Waals surface area contributed by atoms with Crippen molar-refractivity contribution < 1.29 is 0 Å². The smallest absolute Gasteiger partial charge is 0.0575 e. The SMILES string of the molecule is CCCCCCCC(NCCC)c1cc(C)ccn1. The molecule has 1 N–H and O–H groups in total. The van der Waals surface area contributed by atoms with Gasteiger partial charge in [0, 0.05) is 12.2 Å². The molecule has 0 spiro atoms. The van der Waals surface area contributed by atoms with Crippen LogP contribution in [0.25, 0.3) is 0 Å². The third-order valence-electron chi connectivity index (χ3n) is 3.53. The van der Waals surface area contributed by atoms with Gasteiger partial charge in [0.15, 0.2) is 0 Å². The molecule has 0 fully saturated rings. The lowest BCUT2D eigenvalue weighted by Gasteiger charge is -2.18. The van der Waals surface area contributed by atoms with E-state index < -0.39 is 0 Å². The van der Waals surface area contributed by atoms with E-state index in [1.54, 1.807) is 0 Å². The van der Waals surface area contributed by atoms with Gasteiger partial charge in [-0.15, -0.1) is 0 Å². The van der Waals surface area contributed by atoms with Gasteiger partial charge in [-0.3, -0.25) is 4.98 Å². The lowest BCUT2D eigenvalue weighted by Crippen LogP contribution is -2.23. The summed E-state index contributed by atoms with van der Waals surface area (Å²) in [5.74, 6) is 0. The number of nitrogens with one attached hydrogen (secondary N) is 1. The van der Waals surface area contributed by atoms with Gasteiger partial charge in [0.2, 0.25) is 0 Å². The number of pyridine rings is 1. The topological polar surface area (TPSA) is 24.9 Å². The van der Waals surface area contributed by atoms with Gasteiger partial charge in [0.05, 0.1) is 5.69 Å². The van der Waals surface area contributed by atoms with Crippen molar-refractivity contribution in [2.75, 3.05) is 6.54 Å².